The van der Waals surface area contributed by atoms with Gasteiger partial charge in [0.25, 0.3) is 0 Å². The van der Waals surface area contributed by atoms with E-state index >= 15 is 0 Å². The summed E-state index contributed by atoms with van der Waals surface area (Å²) in [7, 11) is 0. The monoisotopic (exact) mass is 327 g/mol. The van der Waals surface area contributed by atoms with Crippen molar-refractivity contribution in [3.05, 3.63) is 16.1 Å². The summed E-state index contributed by atoms with van der Waals surface area (Å²) in [6.07, 6.45) is 1.67. The fourth-order valence-electron chi connectivity index (χ4n) is 2.13. The molecule has 0 aliphatic carbocycles. The predicted octanol–water partition coefficient (Wildman–Crippen LogP) is 3.80. The Hall–Kier alpha value is -1.14. The molecule has 126 valence electrons. The van der Waals surface area contributed by atoms with Gasteiger partial charge in [0.15, 0.2) is 0 Å². The van der Waals surface area contributed by atoms with E-state index in [4.69, 9.17) is 4.74 Å². The number of carbonyl (C=O) groups is 1. The third-order valence-corrected chi connectivity index (χ3v) is 3.89. The number of aryl methyl sites for hydroxylation is 1. The first-order valence-corrected chi connectivity index (χ1v) is 8.74. The average molecular weight is 327 g/mol. The molecule has 2 unspecified atom stereocenters. The Kier molecular flexibility index (Phi) is 7.29. The van der Waals surface area contributed by atoms with Crippen LogP contribution in [0.25, 0.3) is 0 Å². The number of aromatic nitrogens is 1. The third kappa shape index (κ3) is 7.22. The van der Waals surface area contributed by atoms with Gasteiger partial charge in [-0.1, -0.05) is 13.3 Å². The summed E-state index contributed by atoms with van der Waals surface area (Å²) in [4.78, 5) is 16.3. The molecule has 0 fully saturated rings. The highest BCUT2D eigenvalue weighted by Crippen LogP contribution is 2.17. The third-order valence-electron chi connectivity index (χ3n) is 3.09. The van der Waals surface area contributed by atoms with E-state index in [2.05, 4.69) is 34.8 Å². The van der Waals surface area contributed by atoms with E-state index < -0.39 is 5.60 Å². The van der Waals surface area contributed by atoms with Gasteiger partial charge in [-0.3, -0.25) is 0 Å². The van der Waals surface area contributed by atoms with E-state index in [1.54, 1.807) is 11.3 Å². The Morgan fingerprint density at radius 3 is 2.64 bits per heavy atom. The number of ether oxygens (including phenoxy) is 1. The van der Waals surface area contributed by atoms with Crippen molar-refractivity contribution in [2.24, 2.45) is 0 Å². The molecule has 0 spiro atoms. The molecule has 1 aromatic heterocycles. The van der Waals surface area contributed by atoms with Crippen LogP contribution in [0.5, 0.6) is 0 Å². The van der Waals surface area contributed by atoms with Gasteiger partial charge in [0.2, 0.25) is 0 Å². The molecule has 22 heavy (non-hydrogen) atoms. The van der Waals surface area contributed by atoms with Crippen LogP contribution in [0.4, 0.5) is 4.79 Å². The summed E-state index contributed by atoms with van der Waals surface area (Å²) < 4.78 is 5.27. The first kappa shape index (κ1) is 18.9. The number of nitrogens with one attached hydrogen (secondary N) is 2. The fraction of sp³-hybridized carbons (Fsp3) is 0.750. The van der Waals surface area contributed by atoms with E-state index in [1.807, 2.05) is 27.7 Å². The van der Waals surface area contributed by atoms with E-state index in [0.29, 0.717) is 6.54 Å². The largest absolute Gasteiger partial charge is 0.444 e. The van der Waals surface area contributed by atoms with Gasteiger partial charge in [-0.25, -0.2) is 9.78 Å². The van der Waals surface area contributed by atoms with Crippen LogP contribution in [0.15, 0.2) is 5.38 Å². The van der Waals surface area contributed by atoms with Gasteiger partial charge in [-0.05, 0) is 41.0 Å². The second-order valence-corrected chi connectivity index (χ2v) is 7.61. The summed E-state index contributed by atoms with van der Waals surface area (Å²) in [6.45, 7) is 12.4. The molecule has 1 rings (SSSR count). The van der Waals surface area contributed by atoms with Crippen LogP contribution in [-0.4, -0.2) is 29.3 Å². The van der Waals surface area contributed by atoms with E-state index in [9.17, 15) is 4.79 Å². The van der Waals surface area contributed by atoms with Crippen molar-refractivity contribution in [1.29, 1.82) is 0 Å². The van der Waals surface area contributed by atoms with Crippen LogP contribution in [0, 0.1) is 6.92 Å². The molecule has 0 bridgehead atoms. The molecule has 0 aliphatic heterocycles. The highest BCUT2D eigenvalue weighted by atomic mass is 32.1. The van der Waals surface area contributed by atoms with Crippen LogP contribution >= 0.6 is 11.3 Å². The molecule has 5 nitrogen and oxygen atoms in total. The number of rotatable bonds is 7. The second-order valence-electron chi connectivity index (χ2n) is 6.55. The maximum Gasteiger partial charge on any atom is 0.407 e. The molecular formula is C16H29N3O2S. The number of hydrogen-bond acceptors (Lipinski definition) is 5. The number of hydrogen-bond donors (Lipinski definition) is 2. The molecule has 6 heteroatoms. The highest BCUT2D eigenvalue weighted by molar-refractivity contribution is 7.09. The summed E-state index contributed by atoms with van der Waals surface area (Å²) in [5, 5.41) is 9.54. The van der Waals surface area contributed by atoms with Crippen molar-refractivity contribution >= 4 is 17.4 Å². The van der Waals surface area contributed by atoms with E-state index in [-0.39, 0.29) is 18.2 Å². The standard InChI is InChI=1S/C16H29N3O2S/c1-7-8-13(9-17-15(20)21-16(4,5)6)18-11(2)14-10-22-12(3)19-14/h10-11,13,18H,7-9H2,1-6H3,(H,17,20). The summed E-state index contributed by atoms with van der Waals surface area (Å²) >= 11 is 1.66. The normalized spacial score (nSPS) is 14.5. The zero-order valence-electron chi connectivity index (χ0n) is 14.5. The van der Waals surface area contributed by atoms with Gasteiger partial charge >= 0.3 is 6.09 Å². The maximum absolute atomic E-state index is 11.8. The first-order chi connectivity index (χ1) is 10.2. The zero-order valence-corrected chi connectivity index (χ0v) is 15.3. The summed E-state index contributed by atoms with van der Waals surface area (Å²) in [5.74, 6) is 0. The first-order valence-electron chi connectivity index (χ1n) is 7.86. The zero-order chi connectivity index (χ0) is 16.8. The molecule has 0 radical (unpaired) electrons. The molecule has 2 atom stereocenters. The minimum atomic E-state index is -0.469. The molecule has 1 amide bonds. The molecule has 0 saturated carbocycles. The smallest absolute Gasteiger partial charge is 0.407 e. The van der Waals surface area contributed by atoms with Crippen molar-refractivity contribution in [2.75, 3.05) is 6.54 Å². The van der Waals surface area contributed by atoms with Gasteiger partial charge in [0.05, 0.1) is 10.7 Å². The van der Waals surface area contributed by atoms with Crippen molar-refractivity contribution < 1.29 is 9.53 Å². The lowest BCUT2D eigenvalue weighted by molar-refractivity contribution is 0.0521. The van der Waals surface area contributed by atoms with Crippen LogP contribution in [0.2, 0.25) is 0 Å². The van der Waals surface area contributed by atoms with Crippen molar-refractivity contribution in [1.82, 2.24) is 15.6 Å². The van der Waals surface area contributed by atoms with Gasteiger partial charge < -0.3 is 15.4 Å². The minimum absolute atomic E-state index is 0.168. The Bertz CT molecular complexity index is 468. The number of carbonyl (C=O) groups excluding carboxylic acids is 1. The van der Waals surface area contributed by atoms with Gasteiger partial charge in [0.1, 0.15) is 5.60 Å². The molecule has 2 N–H and O–H groups in total. The van der Waals surface area contributed by atoms with Gasteiger partial charge in [-0.15, -0.1) is 11.3 Å². The number of thiazole rings is 1. The second kappa shape index (κ2) is 8.48. The lowest BCUT2D eigenvalue weighted by atomic mass is 10.1. The molecule has 0 saturated heterocycles. The molecule has 1 heterocycles. The molecule has 0 aromatic carbocycles. The van der Waals surface area contributed by atoms with Crippen LogP contribution < -0.4 is 10.6 Å². The van der Waals surface area contributed by atoms with Gasteiger partial charge in [-0.2, -0.15) is 0 Å². The van der Waals surface area contributed by atoms with E-state index in [1.165, 1.54) is 0 Å². The number of amides is 1. The van der Waals surface area contributed by atoms with Crippen molar-refractivity contribution in [3.63, 3.8) is 0 Å². The van der Waals surface area contributed by atoms with Crippen LogP contribution in [0.1, 0.15) is 64.2 Å². The quantitative estimate of drug-likeness (QED) is 0.799. The van der Waals surface area contributed by atoms with Crippen molar-refractivity contribution in [2.45, 2.75) is 72.1 Å². The maximum atomic E-state index is 11.8. The lowest BCUT2D eigenvalue weighted by Gasteiger charge is -2.24. The molecule has 0 aliphatic rings. The molecular weight excluding hydrogens is 298 g/mol. The Morgan fingerprint density at radius 2 is 2.14 bits per heavy atom. The summed E-state index contributed by atoms with van der Waals surface area (Å²) in [5.41, 5.74) is 0.587. The lowest BCUT2D eigenvalue weighted by Crippen LogP contribution is -2.43. The van der Waals surface area contributed by atoms with Crippen molar-refractivity contribution in [3.8, 4) is 0 Å². The fourth-order valence-corrected chi connectivity index (χ4v) is 2.84. The molecule has 1 aromatic rings. The SMILES string of the molecule is CCCC(CNC(=O)OC(C)(C)C)NC(C)c1csc(C)n1. The average Bonchev–Trinajstić information content (AvgIpc) is 2.81. The Balaban J connectivity index is 2.49. The van der Waals surface area contributed by atoms with E-state index in [0.717, 1.165) is 23.5 Å². The predicted molar refractivity (Wildman–Crippen MR) is 91.3 cm³/mol. The number of alkyl carbamates (subject to hydrolysis) is 1. The van der Waals surface area contributed by atoms with Crippen LogP contribution in [-0.2, 0) is 4.74 Å². The highest BCUT2D eigenvalue weighted by Gasteiger charge is 2.19. The topological polar surface area (TPSA) is 63.2 Å². The van der Waals surface area contributed by atoms with Crippen LogP contribution in [0.3, 0.4) is 0 Å². The minimum Gasteiger partial charge on any atom is -0.444 e. The van der Waals surface area contributed by atoms with Gasteiger partial charge in [0, 0.05) is 24.0 Å². The number of nitrogens with zero attached hydrogens (tertiary/aromatic N) is 1. The summed E-state index contributed by atoms with van der Waals surface area (Å²) in [6, 6.07) is 0.372. The Morgan fingerprint density at radius 1 is 1.45 bits per heavy atom. The Labute approximate surface area is 137 Å².